The van der Waals surface area contributed by atoms with Gasteiger partial charge in [0.1, 0.15) is 5.75 Å². The number of nitrogens with zero attached hydrogens (tertiary/aromatic N) is 1. The van der Waals surface area contributed by atoms with Crippen LogP contribution in [0.5, 0.6) is 5.75 Å². The lowest BCUT2D eigenvalue weighted by atomic mass is 10.2. The number of fused-ring (bicyclic) bond motifs is 1. The van der Waals surface area contributed by atoms with Gasteiger partial charge in [0, 0.05) is 18.2 Å². The largest absolute Gasteiger partial charge is 0.493 e. The number of aromatic nitrogens is 1. The first-order valence-electron chi connectivity index (χ1n) is 5.99. The smallest absolute Gasteiger partial charge is 0.128 e. The van der Waals surface area contributed by atoms with E-state index in [-0.39, 0.29) is 6.61 Å². The van der Waals surface area contributed by atoms with Crippen molar-refractivity contribution < 1.29 is 9.84 Å². The van der Waals surface area contributed by atoms with Crippen LogP contribution in [0.2, 0.25) is 0 Å². The maximum atomic E-state index is 8.67. The number of rotatable bonds is 6. The second-order valence-corrected chi connectivity index (χ2v) is 3.96. The van der Waals surface area contributed by atoms with Crippen LogP contribution in [0.15, 0.2) is 36.5 Å². The minimum Gasteiger partial charge on any atom is -0.493 e. The van der Waals surface area contributed by atoms with E-state index in [1.807, 2.05) is 30.3 Å². The van der Waals surface area contributed by atoms with Crippen LogP contribution in [-0.4, -0.2) is 23.3 Å². The minimum absolute atomic E-state index is 0.262. The Bertz CT molecular complexity index is 465. The number of ether oxygens (including phenoxy) is 1. The van der Waals surface area contributed by atoms with Crippen LogP contribution in [0.25, 0.3) is 10.9 Å². The van der Waals surface area contributed by atoms with Gasteiger partial charge in [-0.05, 0) is 43.5 Å². The van der Waals surface area contributed by atoms with E-state index in [2.05, 4.69) is 4.98 Å². The summed E-state index contributed by atoms with van der Waals surface area (Å²) >= 11 is 0. The van der Waals surface area contributed by atoms with E-state index in [0.717, 1.165) is 35.9 Å². The quantitative estimate of drug-likeness (QED) is 0.777. The van der Waals surface area contributed by atoms with Gasteiger partial charge in [-0.3, -0.25) is 4.98 Å². The zero-order valence-corrected chi connectivity index (χ0v) is 9.80. The predicted molar refractivity (Wildman–Crippen MR) is 68.2 cm³/mol. The Morgan fingerprint density at radius 2 is 2.00 bits per heavy atom. The molecule has 0 saturated heterocycles. The monoisotopic (exact) mass is 231 g/mol. The van der Waals surface area contributed by atoms with E-state index in [9.17, 15) is 0 Å². The molecule has 1 aromatic carbocycles. The maximum Gasteiger partial charge on any atom is 0.128 e. The molecule has 3 heteroatoms. The zero-order chi connectivity index (χ0) is 11.9. The molecular weight excluding hydrogens is 214 g/mol. The first-order chi connectivity index (χ1) is 8.42. The van der Waals surface area contributed by atoms with E-state index in [1.165, 1.54) is 0 Å². The van der Waals surface area contributed by atoms with Crippen molar-refractivity contribution in [3.05, 3.63) is 36.5 Å². The lowest BCUT2D eigenvalue weighted by molar-refractivity contribution is 0.267. The van der Waals surface area contributed by atoms with E-state index < -0.39 is 0 Å². The molecule has 0 aliphatic rings. The molecule has 3 nitrogen and oxygen atoms in total. The molecule has 0 spiro atoms. The Morgan fingerprint density at radius 3 is 2.88 bits per heavy atom. The van der Waals surface area contributed by atoms with Crippen molar-refractivity contribution in [2.75, 3.05) is 13.2 Å². The summed E-state index contributed by atoms with van der Waals surface area (Å²) in [7, 11) is 0. The molecule has 0 aliphatic heterocycles. The fraction of sp³-hybridized carbons (Fsp3) is 0.357. The Hall–Kier alpha value is -1.61. The van der Waals surface area contributed by atoms with E-state index in [0.29, 0.717) is 6.61 Å². The van der Waals surface area contributed by atoms with Crippen LogP contribution in [0.3, 0.4) is 0 Å². The van der Waals surface area contributed by atoms with Crippen LogP contribution < -0.4 is 4.74 Å². The molecule has 90 valence electrons. The van der Waals surface area contributed by atoms with Gasteiger partial charge in [-0.25, -0.2) is 0 Å². The zero-order valence-electron chi connectivity index (χ0n) is 9.80. The average Bonchev–Trinajstić information content (AvgIpc) is 2.39. The highest BCUT2D eigenvalue weighted by Crippen LogP contribution is 2.23. The van der Waals surface area contributed by atoms with Crippen LogP contribution in [0.1, 0.15) is 19.3 Å². The first kappa shape index (κ1) is 11.9. The molecule has 1 aromatic heterocycles. The number of aliphatic hydroxyl groups is 1. The summed E-state index contributed by atoms with van der Waals surface area (Å²) in [4.78, 5) is 4.29. The Labute approximate surface area is 101 Å². The number of hydrogen-bond donors (Lipinski definition) is 1. The molecule has 2 rings (SSSR count). The summed E-state index contributed by atoms with van der Waals surface area (Å²) in [6.07, 6.45) is 4.60. The van der Waals surface area contributed by atoms with Crippen LogP contribution in [-0.2, 0) is 0 Å². The van der Waals surface area contributed by atoms with Crippen molar-refractivity contribution in [2.45, 2.75) is 19.3 Å². The van der Waals surface area contributed by atoms with Crippen LogP contribution >= 0.6 is 0 Å². The third-order valence-electron chi connectivity index (χ3n) is 2.67. The number of pyridine rings is 1. The molecule has 1 heterocycles. The highest BCUT2D eigenvalue weighted by atomic mass is 16.5. The third kappa shape index (κ3) is 3.17. The summed E-state index contributed by atoms with van der Waals surface area (Å²) in [5.41, 5.74) is 0.959. The molecular formula is C14H17NO2. The molecule has 2 aromatic rings. The van der Waals surface area contributed by atoms with Crippen LogP contribution in [0.4, 0.5) is 0 Å². The number of unbranched alkanes of at least 4 members (excludes halogenated alkanes) is 2. The van der Waals surface area contributed by atoms with Crippen molar-refractivity contribution in [3.63, 3.8) is 0 Å². The normalized spacial score (nSPS) is 10.6. The van der Waals surface area contributed by atoms with E-state index >= 15 is 0 Å². The molecule has 17 heavy (non-hydrogen) atoms. The topological polar surface area (TPSA) is 42.4 Å². The number of aliphatic hydroxyl groups excluding tert-OH is 1. The lowest BCUT2D eigenvalue weighted by Gasteiger charge is -2.08. The Balaban J connectivity index is 1.98. The van der Waals surface area contributed by atoms with Crippen molar-refractivity contribution in [3.8, 4) is 5.75 Å². The Kier molecular flexibility index (Phi) is 4.33. The van der Waals surface area contributed by atoms with Crippen LogP contribution in [0, 0.1) is 0 Å². The fourth-order valence-corrected chi connectivity index (χ4v) is 1.77. The van der Waals surface area contributed by atoms with Gasteiger partial charge in [-0.15, -0.1) is 0 Å². The van der Waals surface area contributed by atoms with Gasteiger partial charge in [0.05, 0.1) is 12.1 Å². The van der Waals surface area contributed by atoms with Gasteiger partial charge in [-0.1, -0.05) is 6.07 Å². The van der Waals surface area contributed by atoms with Gasteiger partial charge < -0.3 is 9.84 Å². The molecule has 0 saturated carbocycles. The molecule has 0 fully saturated rings. The van der Waals surface area contributed by atoms with Gasteiger partial charge in [-0.2, -0.15) is 0 Å². The van der Waals surface area contributed by atoms with Gasteiger partial charge >= 0.3 is 0 Å². The number of benzene rings is 1. The summed E-state index contributed by atoms with van der Waals surface area (Å²) in [5.74, 6) is 0.889. The molecule has 0 bridgehead atoms. The molecule has 0 radical (unpaired) electrons. The molecule has 0 aliphatic carbocycles. The third-order valence-corrected chi connectivity index (χ3v) is 2.67. The highest BCUT2D eigenvalue weighted by molar-refractivity contribution is 5.84. The van der Waals surface area contributed by atoms with Gasteiger partial charge in [0.2, 0.25) is 0 Å². The van der Waals surface area contributed by atoms with Crippen molar-refractivity contribution >= 4 is 10.9 Å². The average molecular weight is 231 g/mol. The first-order valence-corrected chi connectivity index (χ1v) is 5.99. The Morgan fingerprint density at radius 1 is 1.06 bits per heavy atom. The predicted octanol–water partition coefficient (Wildman–Crippen LogP) is 2.78. The van der Waals surface area contributed by atoms with Crippen molar-refractivity contribution in [2.24, 2.45) is 0 Å². The number of hydrogen-bond acceptors (Lipinski definition) is 3. The van der Waals surface area contributed by atoms with Crippen molar-refractivity contribution in [1.29, 1.82) is 0 Å². The summed E-state index contributed by atoms with van der Waals surface area (Å²) in [5, 5.41) is 9.73. The lowest BCUT2D eigenvalue weighted by Crippen LogP contribution is -1.98. The minimum atomic E-state index is 0.262. The molecule has 0 amide bonds. The van der Waals surface area contributed by atoms with E-state index in [1.54, 1.807) is 6.20 Å². The highest BCUT2D eigenvalue weighted by Gasteiger charge is 2.01. The molecule has 0 unspecified atom stereocenters. The summed E-state index contributed by atoms with van der Waals surface area (Å²) < 4.78 is 5.74. The molecule has 0 atom stereocenters. The summed E-state index contributed by atoms with van der Waals surface area (Å²) in [6, 6.07) is 9.84. The van der Waals surface area contributed by atoms with E-state index in [4.69, 9.17) is 9.84 Å². The second kappa shape index (κ2) is 6.21. The van der Waals surface area contributed by atoms with Gasteiger partial charge in [0.25, 0.3) is 0 Å². The SMILES string of the molecule is OCCCCCOc1cccc2ncccc12. The van der Waals surface area contributed by atoms with Crippen molar-refractivity contribution in [1.82, 2.24) is 4.98 Å². The fourth-order valence-electron chi connectivity index (χ4n) is 1.77. The standard InChI is InChI=1S/C14H17NO2/c16-10-2-1-3-11-17-14-8-4-7-13-12(14)6-5-9-15-13/h4-9,16H,1-3,10-11H2. The van der Waals surface area contributed by atoms with Gasteiger partial charge in [0.15, 0.2) is 0 Å². The maximum absolute atomic E-state index is 8.67. The summed E-state index contributed by atoms with van der Waals surface area (Å²) in [6.45, 7) is 0.951. The molecule has 1 N–H and O–H groups in total. The second-order valence-electron chi connectivity index (χ2n) is 3.96.